The van der Waals surface area contributed by atoms with Crippen LogP contribution in [-0.4, -0.2) is 34.0 Å². The summed E-state index contributed by atoms with van der Waals surface area (Å²) in [5.41, 5.74) is 2.65. The van der Waals surface area contributed by atoms with Gasteiger partial charge < -0.3 is 14.6 Å². The van der Waals surface area contributed by atoms with Crippen LogP contribution in [-0.2, 0) is 18.3 Å². The van der Waals surface area contributed by atoms with Gasteiger partial charge in [-0.05, 0) is 13.0 Å². The topological polar surface area (TPSA) is 61.1 Å². The second-order valence-corrected chi connectivity index (χ2v) is 5.49. The third kappa shape index (κ3) is 2.98. The van der Waals surface area contributed by atoms with Crippen LogP contribution in [0.5, 0.6) is 0 Å². The van der Waals surface area contributed by atoms with Crippen molar-refractivity contribution in [2.45, 2.75) is 13.5 Å². The van der Waals surface area contributed by atoms with E-state index in [1.807, 2.05) is 55.1 Å². The van der Waals surface area contributed by atoms with E-state index in [0.717, 1.165) is 16.6 Å². The SMILES string of the molecule is COCCn1cc(C(=O)Nc2cc(C)n(C)n2)c2ccccc21. The van der Waals surface area contributed by atoms with Gasteiger partial charge in [-0.3, -0.25) is 9.48 Å². The third-order valence-electron chi connectivity index (χ3n) is 3.92. The molecule has 0 spiro atoms. The van der Waals surface area contributed by atoms with Crippen LogP contribution in [0.25, 0.3) is 10.9 Å². The second kappa shape index (κ2) is 6.26. The largest absolute Gasteiger partial charge is 0.383 e. The maximum absolute atomic E-state index is 12.6. The molecule has 2 heterocycles. The predicted octanol–water partition coefficient (Wildman–Crippen LogP) is 2.58. The van der Waals surface area contributed by atoms with Crippen molar-refractivity contribution in [1.82, 2.24) is 14.3 Å². The van der Waals surface area contributed by atoms with Gasteiger partial charge in [-0.1, -0.05) is 18.2 Å². The standard InChI is InChI=1S/C17H20N4O2/c1-12-10-16(19-20(12)2)18-17(22)14-11-21(8-9-23-3)15-7-5-4-6-13(14)15/h4-7,10-11H,8-9H2,1-3H3,(H,18,19,22). The van der Waals surface area contributed by atoms with Gasteiger partial charge in [0.1, 0.15) is 0 Å². The first-order valence-electron chi connectivity index (χ1n) is 7.49. The van der Waals surface area contributed by atoms with Crippen molar-refractivity contribution in [3.8, 4) is 0 Å². The first-order chi connectivity index (χ1) is 11.1. The van der Waals surface area contributed by atoms with E-state index in [4.69, 9.17) is 4.74 Å². The monoisotopic (exact) mass is 312 g/mol. The predicted molar refractivity (Wildman–Crippen MR) is 89.7 cm³/mol. The summed E-state index contributed by atoms with van der Waals surface area (Å²) in [6, 6.07) is 9.71. The minimum Gasteiger partial charge on any atom is -0.383 e. The number of anilines is 1. The molecule has 0 aliphatic heterocycles. The number of fused-ring (bicyclic) bond motifs is 1. The van der Waals surface area contributed by atoms with E-state index >= 15 is 0 Å². The van der Waals surface area contributed by atoms with Crippen molar-refractivity contribution >= 4 is 22.6 Å². The lowest BCUT2D eigenvalue weighted by molar-refractivity contribution is 0.102. The van der Waals surface area contributed by atoms with Crippen molar-refractivity contribution in [1.29, 1.82) is 0 Å². The van der Waals surface area contributed by atoms with Gasteiger partial charge in [0.25, 0.3) is 5.91 Å². The van der Waals surface area contributed by atoms with E-state index in [1.165, 1.54) is 0 Å². The van der Waals surface area contributed by atoms with Gasteiger partial charge in [0.05, 0.1) is 12.2 Å². The van der Waals surface area contributed by atoms with Crippen molar-refractivity contribution in [2.75, 3.05) is 19.0 Å². The number of amides is 1. The summed E-state index contributed by atoms with van der Waals surface area (Å²) in [7, 11) is 3.52. The molecule has 0 atom stereocenters. The molecule has 0 aliphatic carbocycles. The Morgan fingerprint density at radius 2 is 2.13 bits per heavy atom. The number of nitrogens with one attached hydrogen (secondary N) is 1. The number of carbonyl (C=O) groups is 1. The van der Waals surface area contributed by atoms with Gasteiger partial charge in [-0.2, -0.15) is 5.10 Å². The lowest BCUT2D eigenvalue weighted by atomic mass is 10.1. The fraction of sp³-hybridized carbons (Fsp3) is 0.294. The van der Waals surface area contributed by atoms with E-state index in [0.29, 0.717) is 24.5 Å². The minimum absolute atomic E-state index is 0.157. The fourth-order valence-corrected chi connectivity index (χ4v) is 2.61. The average molecular weight is 312 g/mol. The highest BCUT2D eigenvalue weighted by Gasteiger charge is 2.16. The summed E-state index contributed by atoms with van der Waals surface area (Å²) in [6.45, 7) is 3.24. The van der Waals surface area contributed by atoms with E-state index in [9.17, 15) is 4.79 Å². The molecular weight excluding hydrogens is 292 g/mol. The van der Waals surface area contributed by atoms with Gasteiger partial charge in [-0.15, -0.1) is 0 Å². The zero-order valence-corrected chi connectivity index (χ0v) is 13.5. The van der Waals surface area contributed by atoms with Crippen molar-refractivity contribution in [3.63, 3.8) is 0 Å². The van der Waals surface area contributed by atoms with Gasteiger partial charge in [0.15, 0.2) is 5.82 Å². The number of carbonyl (C=O) groups excluding carboxylic acids is 1. The molecule has 6 heteroatoms. The van der Waals surface area contributed by atoms with Crippen molar-refractivity contribution in [3.05, 3.63) is 47.8 Å². The molecule has 6 nitrogen and oxygen atoms in total. The van der Waals surface area contributed by atoms with Crippen LogP contribution in [0.3, 0.4) is 0 Å². The molecule has 2 aromatic heterocycles. The number of para-hydroxylation sites is 1. The molecule has 0 bridgehead atoms. The molecule has 1 aromatic carbocycles. The maximum atomic E-state index is 12.6. The van der Waals surface area contributed by atoms with Crippen molar-refractivity contribution < 1.29 is 9.53 Å². The highest BCUT2D eigenvalue weighted by atomic mass is 16.5. The number of aryl methyl sites for hydroxylation is 2. The zero-order valence-electron chi connectivity index (χ0n) is 13.5. The minimum atomic E-state index is -0.157. The molecule has 23 heavy (non-hydrogen) atoms. The molecule has 0 radical (unpaired) electrons. The third-order valence-corrected chi connectivity index (χ3v) is 3.92. The molecule has 0 unspecified atom stereocenters. The number of aromatic nitrogens is 3. The summed E-state index contributed by atoms with van der Waals surface area (Å²) in [5, 5.41) is 8.06. The first-order valence-corrected chi connectivity index (χ1v) is 7.49. The molecule has 1 amide bonds. The molecular formula is C17H20N4O2. The van der Waals surface area contributed by atoms with Crippen LogP contribution in [0.1, 0.15) is 16.1 Å². The van der Waals surface area contributed by atoms with E-state index in [1.54, 1.807) is 11.8 Å². The molecule has 1 N–H and O–H groups in total. The molecule has 120 valence electrons. The van der Waals surface area contributed by atoms with Crippen molar-refractivity contribution in [2.24, 2.45) is 7.05 Å². The summed E-state index contributed by atoms with van der Waals surface area (Å²) in [6.07, 6.45) is 1.87. The quantitative estimate of drug-likeness (QED) is 0.787. The van der Waals surface area contributed by atoms with Gasteiger partial charge >= 0.3 is 0 Å². The lowest BCUT2D eigenvalue weighted by Gasteiger charge is -2.03. The number of ether oxygens (including phenoxy) is 1. The molecule has 0 fully saturated rings. The fourth-order valence-electron chi connectivity index (χ4n) is 2.61. The summed E-state index contributed by atoms with van der Waals surface area (Å²) < 4.78 is 8.91. The number of benzene rings is 1. The van der Waals surface area contributed by atoms with E-state index in [2.05, 4.69) is 10.4 Å². The molecule has 0 saturated carbocycles. The number of nitrogens with zero attached hydrogens (tertiary/aromatic N) is 3. The zero-order chi connectivity index (χ0) is 16.4. The number of methoxy groups -OCH3 is 1. The second-order valence-electron chi connectivity index (χ2n) is 5.49. The van der Waals surface area contributed by atoms with Crippen LogP contribution in [0.4, 0.5) is 5.82 Å². The summed E-state index contributed by atoms with van der Waals surface area (Å²) in [4.78, 5) is 12.6. The smallest absolute Gasteiger partial charge is 0.259 e. The Kier molecular flexibility index (Phi) is 4.16. The van der Waals surface area contributed by atoms with Crippen LogP contribution in [0.2, 0.25) is 0 Å². The summed E-state index contributed by atoms with van der Waals surface area (Å²) >= 11 is 0. The number of hydrogen-bond donors (Lipinski definition) is 1. The van der Waals surface area contributed by atoms with Crippen LogP contribution in [0, 0.1) is 6.92 Å². The molecule has 0 aliphatic rings. The Bertz CT molecular complexity index is 828. The van der Waals surface area contributed by atoms with Gasteiger partial charge in [-0.25, -0.2) is 0 Å². The average Bonchev–Trinajstić information content (AvgIpc) is 3.06. The highest BCUT2D eigenvalue weighted by molar-refractivity contribution is 6.12. The van der Waals surface area contributed by atoms with E-state index < -0.39 is 0 Å². The summed E-state index contributed by atoms with van der Waals surface area (Å²) in [5.74, 6) is 0.402. The number of hydrogen-bond acceptors (Lipinski definition) is 3. The Labute approximate surface area is 134 Å². The first kappa shape index (κ1) is 15.3. The Morgan fingerprint density at radius 3 is 2.83 bits per heavy atom. The normalized spacial score (nSPS) is 11.1. The van der Waals surface area contributed by atoms with Crippen LogP contribution >= 0.6 is 0 Å². The molecule has 0 saturated heterocycles. The molecule has 3 aromatic rings. The van der Waals surface area contributed by atoms with Gasteiger partial charge in [0.2, 0.25) is 0 Å². The Balaban J connectivity index is 1.93. The maximum Gasteiger partial charge on any atom is 0.259 e. The Morgan fingerprint density at radius 1 is 1.35 bits per heavy atom. The van der Waals surface area contributed by atoms with Crippen LogP contribution in [0.15, 0.2) is 36.5 Å². The Hall–Kier alpha value is -2.60. The lowest BCUT2D eigenvalue weighted by Crippen LogP contribution is -2.12. The highest BCUT2D eigenvalue weighted by Crippen LogP contribution is 2.22. The number of rotatable bonds is 5. The van der Waals surface area contributed by atoms with Gasteiger partial charge in [0, 0.05) is 49.6 Å². The van der Waals surface area contributed by atoms with Crippen LogP contribution < -0.4 is 5.32 Å². The van der Waals surface area contributed by atoms with E-state index in [-0.39, 0.29) is 5.91 Å². The molecule has 3 rings (SSSR count).